The normalized spacial score (nSPS) is 11.4. The Balaban J connectivity index is 1.84. The molecule has 0 bridgehead atoms. The number of alkyl halides is 3. The zero-order chi connectivity index (χ0) is 22.1. The summed E-state index contributed by atoms with van der Waals surface area (Å²) in [5.74, 6) is -0.470. The number of methoxy groups -OCH3 is 1. The lowest BCUT2D eigenvalue weighted by molar-refractivity contribution is -0.137. The van der Waals surface area contributed by atoms with Crippen LogP contribution < -0.4 is 14.8 Å². The maximum Gasteiger partial charge on any atom is 0.416 e. The van der Waals surface area contributed by atoms with Gasteiger partial charge in [0.05, 0.1) is 18.2 Å². The summed E-state index contributed by atoms with van der Waals surface area (Å²) in [5, 5.41) is 2.92. The second kappa shape index (κ2) is 8.17. The van der Waals surface area contributed by atoms with Crippen molar-refractivity contribution in [3.05, 3.63) is 64.5 Å². The van der Waals surface area contributed by atoms with Gasteiger partial charge in [-0.15, -0.1) is 0 Å². The number of fused-ring (bicyclic) bond motifs is 1. The Hall–Kier alpha value is -3.36. The van der Waals surface area contributed by atoms with E-state index in [0.717, 1.165) is 12.1 Å². The molecule has 1 aromatic heterocycles. The number of hydrogen-bond acceptors (Lipinski definition) is 4. The Kier molecular flexibility index (Phi) is 5.82. The number of carbonyl (C=O) groups is 1. The van der Waals surface area contributed by atoms with Crippen LogP contribution in [0.3, 0.4) is 0 Å². The molecule has 0 aliphatic heterocycles. The summed E-state index contributed by atoms with van der Waals surface area (Å²) >= 11 is 0. The molecule has 30 heavy (non-hydrogen) atoms. The Morgan fingerprint density at radius 1 is 1.13 bits per heavy atom. The van der Waals surface area contributed by atoms with Gasteiger partial charge in [0.15, 0.2) is 5.75 Å². The fourth-order valence-corrected chi connectivity index (χ4v) is 2.94. The van der Waals surface area contributed by atoms with Crippen LogP contribution in [-0.2, 0) is 12.7 Å². The van der Waals surface area contributed by atoms with Gasteiger partial charge in [-0.05, 0) is 43.2 Å². The quantitative estimate of drug-likeness (QED) is 0.579. The molecule has 0 aliphatic carbocycles. The van der Waals surface area contributed by atoms with E-state index in [2.05, 4.69) is 10.3 Å². The van der Waals surface area contributed by atoms with Gasteiger partial charge in [-0.2, -0.15) is 13.2 Å². The molecule has 1 amide bonds. The molecule has 5 nitrogen and oxygen atoms in total. The highest BCUT2D eigenvalue weighted by Gasteiger charge is 2.31. The number of benzene rings is 2. The van der Waals surface area contributed by atoms with Crippen molar-refractivity contribution >= 4 is 17.0 Å². The minimum Gasteiger partial charge on any atom is -0.478 e. The van der Waals surface area contributed by atoms with Gasteiger partial charge in [0.1, 0.15) is 5.82 Å². The second-order valence-electron chi connectivity index (χ2n) is 6.63. The molecular formula is C21H18F4N2O3. The van der Waals surface area contributed by atoms with E-state index in [0.29, 0.717) is 22.1 Å². The molecule has 0 spiro atoms. The molecule has 3 aromatic rings. The van der Waals surface area contributed by atoms with Gasteiger partial charge in [-0.3, -0.25) is 0 Å². The van der Waals surface area contributed by atoms with Crippen molar-refractivity contribution in [2.75, 3.05) is 7.11 Å². The average Bonchev–Trinajstić information content (AvgIpc) is 2.69. The molecule has 0 saturated heterocycles. The summed E-state index contributed by atoms with van der Waals surface area (Å²) in [4.78, 5) is 16.3. The van der Waals surface area contributed by atoms with Crippen molar-refractivity contribution in [2.45, 2.75) is 26.6 Å². The predicted octanol–water partition coefficient (Wildman–Crippen LogP) is 5.31. The van der Waals surface area contributed by atoms with Crippen molar-refractivity contribution in [1.82, 2.24) is 10.3 Å². The number of rotatable bonds is 4. The summed E-state index contributed by atoms with van der Waals surface area (Å²) in [5.41, 5.74) is 0.736. The first kappa shape index (κ1) is 21.4. The van der Waals surface area contributed by atoms with Crippen LogP contribution >= 0.6 is 0 Å². The fourth-order valence-electron chi connectivity index (χ4n) is 2.94. The van der Waals surface area contributed by atoms with E-state index in [1.807, 2.05) is 0 Å². The molecule has 9 heteroatoms. The second-order valence-corrected chi connectivity index (χ2v) is 6.63. The average molecular weight is 422 g/mol. The van der Waals surface area contributed by atoms with Gasteiger partial charge in [-0.1, -0.05) is 18.2 Å². The fraction of sp³-hybridized carbons (Fsp3) is 0.238. The SMILES string of the molecule is COc1nc2cc(C(F)(F)F)ccc2c(C)c1OC(=O)NCc1ccc(F)c(C)c1. The lowest BCUT2D eigenvalue weighted by atomic mass is 10.1. The Labute approximate surface area is 169 Å². The number of pyridine rings is 1. The summed E-state index contributed by atoms with van der Waals surface area (Å²) in [6.07, 6.45) is -5.32. The zero-order valence-corrected chi connectivity index (χ0v) is 16.4. The molecule has 1 heterocycles. The molecule has 0 saturated carbocycles. The van der Waals surface area contributed by atoms with Crippen LogP contribution in [0.25, 0.3) is 10.9 Å². The molecule has 2 aromatic carbocycles. The van der Waals surface area contributed by atoms with E-state index >= 15 is 0 Å². The highest BCUT2D eigenvalue weighted by molar-refractivity contribution is 5.87. The Morgan fingerprint density at radius 2 is 1.87 bits per heavy atom. The number of halogens is 4. The maximum absolute atomic E-state index is 13.3. The van der Waals surface area contributed by atoms with Crippen molar-refractivity contribution in [3.63, 3.8) is 0 Å². The molecule has 0 atom stereocenters. The van der Waals surface area contributed by atoms with E-state index in [9.17, 15) is 22.4 Å². The number of aromatic nitrogens is 1. The van der Waals surface area contributed by atoms with Crippen molar-refractivity contribution in [1.29, 1.82) is 0 Å². The largest absolute Gasteiger partial charge is 0.478 e. The third-order valence-electron chi connectivity index (χ3n) is 4.53. The van der Waals surface area contributed by atoms with Crippen LogP contribution in [-0.4, -0.2) is 18.2 Å². The molecule has 3 rings (SSSR count). The topological polar surface area (TPSA) is 60.5 Å². The third kappa shape index (κ3) is 4.45. The molecular weight excluding hydrogens is 404 g/mol. The summed E-state index contributed by atoms with van der Waals surface area (Å²) < 4.78 is 62.7. The smallest absolute Gasteiger partial charge is 0.416 e. The highest BCUT2D eigenvalue weighted by atomic mass is 19.4. The van der Waals surface area contributed by atoms with Gasteiger partial charge in [-0.25, -0.2) is 14.2 Å². The molecule has 0 unspecified atom stereocenters. The number of carbonyl (C=O) groups excluding carboxylic acids is 1. The summed E-state index contributed by atoms with van der Waals surface area (Å²) in [6, 6.07) is 7.54. The minimum absolute atomic E-state index is 0.00227. The number of amides is 1. The van der Waals surface area contributed by atoms with Crippen molar-refractivity contribution in [3.8, 4) is 11.6 Å². The van der Waals surface area contributed by atoms with Gasteiger partial charge in [0, 0.05) is 17.5 Å². The summed E-state index contributed by atoms with van der Waals surface area (Å²) in [7, 11) is 1.27. The standard InChI is InChI=1S/C21H18F4N2O3/c1-11-8-13(4-7-16(11)22)10-26-20(28)30-18-12(2)15-6-5-14(21(23,24)25)9-17(15)27-19(18)29-3/h4-9H,10H2,1-3H3,(H,26,28). The number of hydrogen-bond donors (Lipinski definition) is 1. The Morgan fingerprint density at radius 3 is 2.50 bits per heavy atom. The summed E-state index contributed by atoms with van der Waals surface area (Å²) in [6.45, 7) is 3.29. The third-order valence-corrected chi connectivity index (χ3v) is 4.53. The van der Waals surface area contributed by atoms with Crippen LogP contribution in [0.2, 0.25) is 0 Å². The molecule has 158 valence electrons. The van der Waals surface area contributed by atoms with Crippen LogP contribution in [0.5, 0.6) is 11.6 Å². The van der Waals surface area contributed by atoms with Gasteiger partial charge < -0.3 is 14.8 Å². The van der Waals surface area contributed by atoms with Gasteiger partial charge >= 0.3 is 12.3 Å². The van der Waals surface area contributed by atoms with E-state index in [4.69, 9.17) is 9.47 Å². The van der Waals surface area contributed by atoms with E-state index in [1.54, 1.807) is 19.9 Å². The minimum atomic E-state index is -4.51. The van der Waals surface area contributed by atoms with E-state index in [1.165, 1.54) is 25.3 Å². The monoisotopic (exact) mass is 422 g/mol. The number of ether oxygens (including phenoxy) is 2. The first-order valence-electron chi connectivity index (χ1n) is 8.86. The molecule has 1 N–H and O–H groups in total. The van der Waals surface area contributed by atoms with Crippen LogP contribution in [0, 0.1) is 19.7 Å². The molecule has 0 fully saturated rings. The number of nitrogens with one attached hydrogen (secondary N) is 1. The first-order valence-corrected chi connectivity index (χ1v) is 8.86. The van der Waals surface area contributed by atoms with Crippen LogP contribution in [0.4, 0.5) is 22.4 Å². The van der Waals surface area contributed by atoms with E-state index in [-0.39, 0.29) is 29.5 Å². The van der Waals surface area contributed by atoms with Crippen molar-refractivity contribution < 1.29 is 31.8 Å². The zero-order valence-electron chi connectivity index (χ0n) is 16.4. The van der Waals surface area contributed by atoms with Crippen molar-refractivity contribution in [2.24, 2.45) is 0 Å². The Bertz CT molecular complexity index is 1110. The van der Waals surface area contributed by atoms with Gasteiger partial charge in [0.2, 0.25) is 0 Å². The molecule has 0 radical (unpaired) electrons. The van der Waals surface area contributed by atoms with Crippen LogP contribution in [0.15, 0.2) is 36.4 Å². The van der Waals surface area contributed by atoms with Crippen LogP contribution in [0.1, 0.15) is 22.3 Å². The predicted molar refractivity (Wildman–Crippen MR) is 102 cm³/mol. The maximum atomic E-state index is 13.3. The van der Waals surface area contributed by atoms with Gasteiger partial charge in [0.25, 0.3) is 5.88 Å². The lowest BCUT2D eigenvalue weighted by Crippen LogP contribution is -2.27. The number of nitrogens with zero attached hydrogens (tertiary/aromatic N) is 1. The van der Waals surface area contributed by atoms with E-state index < -0.39 is 17.8 Å². The number of aryl methyl sites for hydroxylation is 2. The first-order chi connectivity index (χ1) is 14.1. The highest BCUT2D eigenvalue weighted by Crippen LogP contribution is 2.37. The lowest BCUT2D eigenvalue weighted by Gasteiger charge is -2.15. The molecule has 0 aliphatic rings.